The molecular weight excluding hydrogens is 578 g/mol. The number of rotatable bonds is 11. The minimum absolute atomic E-state index is 0.0722. The van der Waals surface area contributed by atoms with Crippen LogP contribution in [-0.2, 0) is 14.2 Å². The first-order valence-corrected chi connectivity index (χ1v) is 12.6. The van der Waals surface area contributed by atoms with Crippen LogP contribution in [0.2, 0.25) is 0 Å². The Morgan fingerprint density at radius 3 is 1.88 bits per heavy atom. The normalized spacial score (nSPS) is 21.0. The largest absolute Gasteiger partial charge is 0.459 e. The van der Waals surface area contributed by atoms with Crippen LogP contribution in [0.4, 0.5) is 22.7 Å². The van der Waals surface area contributed by atoms with Crippen LogP contribution in [0.3, 0.4) is 0 Å². The summed E-state index contributed by atoms with van der Waals surface area (Å²) in [5, 5.41) is 45.0. The minimum atomic E-state index is -1.09. The lowest BCUT2D eigenvalue weighted by Crippen LogP contribution is -2.50. The lowest BCUT2D eigenvalue weighted by Gasteiger charge is -2.40. The van der Waals surface area contributed by atoms with Crippen molar-refractivity contribution in [3.8, 4) is 0 Å². The van der Waals surface area contributed by atoms with Gasteiger partial charge in [0.2, 0.25) is 0 Å². The lowest BCUT2D eigenvalue weighted by atomic mass is 9.91. The smallest absolute Gasteiger partial charge is 0.338 e. The topological polar surface area (TPSA) is 238 Å². The standard InChI is InChI=1S/C25H23N5O13/c1-2-5-41-25-21-3-4-26(23(31)14-6-16(27(33)34)10-17(7-14)28(35)36)22(21)12-20(43-25)13-42-24(32)15-8-18(29(37)38)11-19(9-15)30(39)40/h2,6-11,20-22,25H,1,3-5,12-13H2/t20-,21+,22+,25-/m0/s1. The average molecular weight is 601 g/mol. The van der Waals surface area contributed by atoms with Crippen molar-refractivity contribution >= 4 is 34.6 Å². The van der Waals surface area contributed by atoms with E-state index in [0.717, 1.165) is 30.3 Å². The summed E-state index contributed by atoms with van der Waals surface area (Å²) in [4.78, 5) is 69.1. The van der Waals surface area contributed by atoms with Crippen molar-refractivity contribution < 1.29 is 43.5 Å². The highest BCUT2D eigenvalue weighted by atomic mass is 16.7. The minimum Gasteiger partial charge on any atom is -0.459 e. The van der Waals surface area contributed by atoms with Crippen LogP contribution in [0.25, 0.3) is 0 Å². The molecule has 0 aromatic heterocycles. The van der Waals surface area contributed by atoms with Gasteiger partial charge >= 0.3 is 5.97 Å². The lowest BCUT2D eigenvalue weighted by molar-refractivity contribution is -0.394. The van der Waals surface area contributed by atoms with Crippen molar-refractivity contribution in [1.29, 1.82) is 0 Å². The van der Waals surface area contributed by atoms with Crippen LogP contribution in [0.5, 0.6) is 0 Å². The molecule has 43 heavy (non-hydrogen) atoms. The molecule has 2 saturated heterocycles. The predicted molar refractivity (Wildman–Crippen MR) is 142 cm³/mol. The Hall–Kier alpha value is -5.36. The third kappa shape index (κ3) is 6.76. The fraction of sp³-hybridized carbons (Fsp3) is 0.360. The van der Waals surface area contributed by atoms with Crippen LogP contribution in [0.15, 0.2) is 49.1 Å². The second-order valence-corrected chi connectivity index (χ2v) is 9.61. The SMILES string of the molecule is C=CCO[C@H]1O[C@H](COC(=O)c2cc([N+](=O)[O-])cc([N+](=O)[O-])c2)C[C@@H]2[C@H]1CCN2C(=O)c1cc([N+](=O)[O-])cc([N+](=O)[O-])c1. The number of nitrogens with zero attached hydrogens (tertiary/aromatic N) is 5. The molecule has 2 aromatic carbocycles. The van der Waals surface area contributed by atoms with Gasteiger partial charge in [-0.05, 0) is 12.8 Å². The number of hydrogen-bond donors (Lipinski definition) is 0. The molecule has 226 valence electrons. The summed E-state index contributed by atoms with van der Waals surface area (Å²) in [5.41, 5.74) is -3.31. The number of fused-ring (bicyclic) bond motifs is 1. The Bertz CT molecular complexity index is 1450. The van der Waals surface area contributed by atoms with Gasteiger partial charge in [-0.2, -0.15) is 0 Å². The van der Waals surface area contributed by atoms with Gasteiger partial charge in [-0.15, -0.1) is 6.58 Å². The average Bonchev–Trinajstić information content (AvgIpc) is 3.41. The molecule has 0 spiro atoms. The number of nitro groups is 4. The molecule has 2 aliphatic rings. The van der Waals surface area contributed by atoms with Gasteiger partial charge in [-0.1, -0.05) is 6.08 Å². The third-order valence-corrected chi connectivity index (χ3v) is 6.95. The molecule has 4 atom stereocenters. The maximum atomic E-state index is 13.5. The van der Waals surface area contributed by atoms with E-state index >= 15 is 0 Å². The number of nitro benzene ring substituents is 4. The number of hydrogen-bond acceptors (Lipinski definition) is 13. The molecule has 0 unspecified atom stereocenters. The van der Waals surface area contributed by atoms with Gasteiger partial charge in [0.05, 0.1) is 55.7 Å². The Kier molecular flexibility index (Phi) is 9.01. The van der Waals surface area contributed by atoms with Crippen molar-refractivity contribution in [3.63, 3.8) is 0 Å². The zero-order chi connectivity index (χ0) is 31.4. The second kappa shape index (κ2) is 12.7. The van der Waals surface area contributed by atoms with Gasteiger partial charge in [0.25, 0.3) is 28.7 Å². The van der Waals surface area contributed by atoms with Crippen molar-refractivity contribution in [1.82, 2.24) is 4.90 Å². The van der Waals surface area contributed by atoms with Gasteiger partial charge in [0.15, 0.2) is 6.29 Å². The summed E-state index contributed by atoms with van der Waals surface area (Å²) in [6.45, 7) is 3.41. The van der Waals surface area contributed by atoms with Gasteiger partial charge in [-0.25, -0.2) is 4.79 Å². The quantitative estimate of drug-likeness (QED) is 0.156. The highest BCUT2D eigenvalue weighted by Crippen LogP contribution is 2.39. The second-order valence-electron chi connectivity index (χ2n) is 9.61. The Balaban J connectivity index is 1.55. The first-order chi connectivity index (χ1) is 20.4. The van der Waals surface area contributed by atoms with E-state index in [4.69, 9.17) is 14.2 Å². The number of carbonyl (C=O) groups is 2. The van der Waals surface area contributed by atoms with E-state index in [9.17, 15) is 50.0 Å². The van der Waals surface area contributed by atoms with Crippen LogP contribution in [0, 0.1) is 46.4 Å². The molecule has 2 heterocycles. The van der Waals surface area contributed by atoms with Crippen LogP contribution >= 0.6 is 0 Å². The molecule has 2 fully saturated rings. The fourth-order valence-corrected chi connectivity index (χ4v) is 5.07. The Labute approximate surface area is 241 Å². The predicted octanol–water partition coefficient (Wildman–Crippen LogP) is 3.32. The van der Waals surface area contributed by atoms with Gasteiger partial charge < -0.3 is 19.1 Å². The fourth-order valence-electron chi connectivity index (χ4n) is 5.07. The van der Waals surface area contributed by atoms with Gasteiger partial charge in [-0.3, -0.25) is 45.3 Å². The number of likely N-dealkylation sites (tertiary alicyclic amines) is 1. The molecule has 18 heteroatoms. The highest BCUT2D eigenvalue weighted by molar-refractivity contribution is 5.96. The summed E-state index contributed by atoms with van der Waals surface area (Å²) in [7, 11) is 0. The van der Waals surface area contributed by atoms with Crippen molar-refractivity contribution in [2.24, 2.45) is 5.92 Å². The van der Waals surface area contributed by atoms with E-state index in [1.54, 1.807) is 0 Å². The Morgan fingerprint density at radius 1 is 0.884 bits per heavy atom. The summed E-state index contributed by atoms with van der Waals surface area (Å²) in [6, 6.07) is 4.42. The molecular formula is C25H23N5O13. The number of amides is 1. The molecule has 2 aromatic rings. The number of esters is 1. The number of carbonyl (C=O) groups excluding carboxylic acids is 2. The molecule has 0 N–H and O–H groups in total. The van der Waals surface area contributed by atoms with Crippen LogP contribution < -0.4 is 0 Å². The summed E-state index contributed by atoms with van der Waals surface area (Å²) in [6.07, 6.45) is 0.207. The number of ether oxygens (including phenoxy) is 3. The molecule has 0 bridgehead atoms. The van der Waals surface area contributed by atoms with Gasteiger partial charge in [0.1, 0.15) is 6.61 Å². The van der Waals surface area contributed by atoms with Crippen molar-refractivity contribution in [2.75, 3.05) is 19.8 Å². The molecule has 0 radical (unpaired) electrons. The molecule has 2 aliphatic heterocycles. The molecule has 1 amide bonds. The number of non-ortho nitro benzene ring substituents is 4. The monoisotopic (exact) mass is 601 g/mol. The Morgan fingerprint density at radius 2 is 1.40 bits per heavy atom. The highest BCUT2D eigenvalue weighted by Gasteiger charge is 2.48. The first-order valence-electron chi connectivity index (χ1n) is 12.6. The van der Waals surface area contributed by atoms with Crippen LogP contribution in [0.1, 0.15) is 33.6 Å². The van der Waals surface area contributed by atoms with Crippen LogP contribution in [-0.4, -0.2) is 74.7 Å². The molecule has 18 nitrogen and oxygen atoms in total. The van der Waals surface area contributed by atoms with E-state index in [-0.39, 0.29) is 31.1 Å². The van der Waals surface area contributed by atoms with Gasteiger partial charge in [0, 0.05) is 42.8 Å². The molecule has 4 rings (SSSR count). The molecule has 0 saturated carbocycles. The first kappa shape index (κ1) is 30.6. The van der Waals surface area contributed by atoms with E-state index in [2.05, 4.69) is 6.58 Å². The summed E-state index contributed by atoms with van der Waals surface area (Å²) < 4.78 is 17.0. The maximum Gasteiger partial charge on any atom is 0.338 e. The van der Waals surface area contributed by atoms with E-state index in [0.29, 0.717) is 12.5 Å². The number of benzene rings is 2. The van der Waals surface area contributed by atoms with E-state index in [1.807, 2.05) is 0 Å². The summed E-state index contributed by atoms with van der Waals surface area (Å²) >= 11 is 0. The molecule has 0 aliphatic carbocycles. The van der Waals surface area contributed by atoms with E-state index < -0.39 is 84.9 Å². The van der Waals surface area contributed by atoms with Crippen molar-refractivity contribution in [2.45, 2.75) is 31.3 Å². The maximum absolute atomic E-state index is 13.5. The zero-order valence-corrected chi connectivity index (χ0v) is 22.1. The van der Waals surface area contributed by atoms with E-state index in [1.165, 1.54) is 11.0 Å². The summed E-state index contributed by atoms with van der Waals surface area (Å²) in [5.74, 6) is -2.16. The zero-order valence-electron chi connectivity index (χ0n) is 22.1. The van der Waals surface area contributed by atoms with Crippen molar-refractivity contribution in [3.05, 3.63) is 101 Å². The third-order valence-electron chi connectivity index (χ3n) is 6.95.